The summed E-state index contributed by atoms with van der Waals surface area (Å²) in [4.78, 5) is 38.0. The quantitative estimate of drug-likeness (QED) is 0.690. The molecule has 0 radical (unpaired) electrons. The number of halogens is 1. The van der Waals surface area contributed by atoms with Crippen molar-refractivity contribution in [3.8, 4) is 0 Å². The van der Waals surface area contributed by atoms with Crippen molar-refractivity contribution in [3.63, 3.8) is 0 Å². The monoisotopic (exact) mass is 348 g/mol. The summed E-state index contributed by atoms with van der Waals surface area (Å²) in [6.07, 6.45) is 1.84. The minimum absolute atomic E-state index is 0.00509. The molecule has 2 atom stereocenters. The van der Waals surface area contributed by atoms with E-state index in [1.165, 1.54) is 24.3 Å². The highest BCUT2D eigenvalue weighted by molar-refractivity contribution is 6.09. The number of benzene rings is 1. The van der Waals surface area contributed by atoms with E-state index in [2.05, 4.69) is 16.0 Å². The lowest BCUT2D eigenvalue weighted by Crippen LogP contribution is -2.49. The third-order valence-corrected chi connectivity index (χ3v) is 4.66. The van der Waals surface area contributed by atoms with Crippen LogP contribution in [0.25, 0.3) is 0 Å². The van der Waals surface area contributed by atoms with E-state index in [1.54, 1.807) is 6.92 Å². The number of rotatable bonds is 4. The molecule has 4 amide bonds. The maximum Gasteiger partial charge on any atom is 0.325 e. The van der Waals surface area contributed by atoms with Gasteiger partial charge in [0.05, 0.1) is 0 Å². The van der Waals surface area contributed by atoms with Gasteiger partial charge >= 0.3 is 6.03 Å². The SMILES string of the molecule is CC1(c2ccc(F)cc2)NC(=O)N(CC(=O)NC2CCCNC2)C1=O. The maximum absolute atomic E-state index is 13.1. The van der Waals surface area contributed by atoms with Gasteiger partial charge in [0.2, 0.25) is 5.91 Å². The van der Waals surface area contributed by atoms with Gasteiger partial charge in [0.1, 0.15) is 17.9 Å². The normalized spacial score (nSPS) is 26.5. The van der Waals surface area contributed by atoms with E-state index >= 15 is 0 Å². The van der Waals surface area contributed by atoms with Crippen LogP contribution in [-0.4, -0.2) is 48.4 Å². The highest BCUT2D eigenvalue weighted by atomic mass is 19.1. The van der Waals surface area contributed by atoms with E-state index in [1.807, 2.05) is 0 Å². The van der Waals surface area contributed by atoms with Crippen molar-refractivity contribution in [3.05, 3.63) is 35.6 Å². The van der Waals surface area contributed by atoms with Gasteiger partial charge in [-0.3, -0.25) is 14.5 Å². The Morgan fingerprint density at radius 2 is 2.08 bits per heavy atom. The Hall–Kier alpha value is -2.48. The van der Waals surface area contributed by atoms with Crippen LogP contribution < -0.4 is 16.0 Å². The summed E-state index contributed by atoms with van der Waals surface area (Å²) < 4.78 is 13.1. The van der Waals surface area contributed by atoms with Crippen molar-refractivity contribution in [1.29, 1.82) is 0 Å². The zero-order valence-corrected chi connectivity index (χ0v) is 14.0. The second-order valence-corrected chi connectivity index (χ2v) is 6.56. The number of imide groups is 1. The summed E-state index contributed by atoms with van der Waals surface area (Å²) >= 11 is 0. The van der Waals surface area contributed by atoms with Crippen molar-refractivity contribution in [2.24, 2.45) is 0 Å². The minimum Gasteiger partial charge on any atom is -0.351 e. The second kappa shape index (κ2) is 6.79. The van der Waals surface area contributed by atoms with E-state index in [0.717, 1.165) is 24.3 Å². The Kier molecular flexibility index (Phi) is 4.71. The molecule has 3 rings (SSSR count). The van der Waals surface area contributed by atoms with Gasteiger partial charge in [-0.1, -0.05) is 12.1 Å². The Balaban J connectivity index is 1.68. The number of piperidine rings is 1. The number of nitrogens with one attached hydrogen (secondary N) is 3. The van der Waals surface area contributed by atoms with Gasteiger partial charge in [0.25, 0.3) is 5.91 Å². The lowest BCUT2D eigenvalue weighted by molar-refractivity contribution is -0.135. The molecule has 2 unspecified atom stereocenters. The highest BCUT2D eigenvalue weighted by Crippen LogP contribution is 2.28. The molecule has 2 heterocycles. The first kappa shape index (κ1) is 17.3. The number of carbonyl (C=O) groups excluding carboxylic acids is 3. The molecule has 0 aromatic heterocycles. The van der Waals surface area contributed by atoms with Crippen molar-refractivity contribution in [2.75, 3.05) is 19.6 Å². The molecular weight excluding hydrogens is 327 g/mol. The van der Waals surface area contributed by atoms with Crippen LogP contribution >= 0.6 is 0 Å². The summed E-state index contributed by atoms with van der Waals surface area (Å²) in [5.41, 5.74) is -0.844. The van der Waals surface area contributed by atoms with Crippen LogP contribution in [-0.2, 0) is 15.1 Å². The topological polar surface area (TPSA) is 90.5 Å². The molecule has 1 aromatic carbocycles. The first-order chi connectivity index (χ1) is 11.9. The standard InChI is InChI=1S/C17H21FN4O3/c1-17(11-4-6-12(18)7-5-11)15(24)22(16(25)21-17)10-14(23)20-13-3-2-8-19-9-13/h4-7,13,19H,2-3,8-10H2,1H3,(H,20,23)(H,21,25). The molecular formula is C17H21FN4O3. The number of hydrogen-bond donors (Lipinski definition) is 3. The fraction of sp³-hybridized carbons (Fsp3) is 0.471. The molecule has 1 aromatic rings. The molecule has 0 saturated carbocycles. The van der Waals surface area contributed by atoms with Crippen molar-refractivity contribution < 1.29 is 18.8 Å². The molecule has 2 saturated heterocycles. The Morgan fingerprint density at radius 3 is 2.72 bits per heavy atom. The second-order valence-electron chi connectivity index (χ2n) is 6.56. The Bertz CT molecular complexity index is 688. The van der Waals surface area contributed by atoms with Crippen LogP contribution in [0.4, 0.5) is 9.18 Å². The fourth-order valence-electron chi connectivity index (χ4n) is 3.21. The lowest BCUT2D eigenvalue weighted by Gasteiger charge is -2.25. The van der Waals surface area contributed by atoms with Gasteiger partial charge in [0.15, 0.2) is 0 Å². The van der Waals surface area contributed by atoms with Gasteiger partial charge < -0.3 is 16.0 Å². The van der Waals surface area contributed by atoms with E-state index < -0.39 is 23.3 Å². The molecule has 3 N–H and O–H groups in total. The van der Waals surface area contributed by atoms with Gasteiger partial charge in [-0.2, -0.15) is 0 Å². The van der Waals surface area contributed by atoms with Crippen LogP contribution in [0.15, 0.2) is 24.3 Å². The highest BCUT2D eigenvalue weighted by Gasteiger charge is 2.49. The van der Waals surface area contributed by atoms with Crippen molar-refractivity contribution >= 4 is 17.8 Å². The zero-order valence-electron chi connectivity index (χ0n) is 14.0. The van der Waals surface area contributed by atoms with Gasteiger partial charge in [-0.25, -0.2) is 9.18 Å². The third kappa shape index (κ3) is 3.48. The predicted octanol–water partition coefficient (Wildman–Crippen LogP) is 0.461. The van der Waals surface area contributed by atoms with Gasteiger partial charge in [-0.15, -0.1) is 0 Å². The molecule has 25 heavy (non-hydrogen) atoms. The number of urea groups is 1. The lowest BCUT2D eigenvalue weighted by atomic mass is 9.92. The average molecular weight is 348 g/mol. The molecule has 0 bridgehead atoms. The molecule has 0 spiro atoms. The molecule has 2 aliphatic rings. The number of hydrogen-bond acceptors (Lipinski definition) is 4. The maximum atomic E-state index is 13.1. The third-order valence-electron chi connectivity index (χ3n) is 4.66. The summed E-state index contributed by atoms with van der Waals surface area (Å²) in [5.74, 6) is -1.33. The summed E-state index contributed by atoms with van der Waals surface area (Å²) in [7, 11) is 0. The number of carbonyl (C=O) groups is 3. The minimum atomic E-state index is -1.31. The van der Waals surface area contributed by atoms with E-state index in [9.17, 15) is 18.8 Å². The molecule has 7 nitrogen and oxygen atoms in total. The van der Waals surface area contributed by atoms with Crippen molar-refractivity contribution in [2.45, 2.75) is 31.3 Å². The molecule has 2 fully saturated rings. The van der Waals surface area contributed by atoms with Crippen molar-refractivity contribution in [1.82, 2.24) is 20.9 Å². The largest absolute Gasteiger partial charge is 0.351 e. The van der Waals surface area contributed by atoms with Gasteiger partial charge in [-0.05, 0) is 44.0 Å². The van der Waals surface area contributed by atoms with Crippen LogP contribution in [0.5, 0.6) is 0 Å². The van der Waals surface area contributed by atoms with Crippen LogP contribution in [0.3, 0.4) is 0 Å². The van der Waals surface area contributed by atoms with E-state index in [0.29, 0.717) is 12.1 Å². The average Bonchev–Trinajstić information content (AvgIpc) is 2.80. The molecule has 0 aliphatic carbocycles. The van der Waals surface area contributed by atoms with Crippen LogP contribution in [0.2, 0.25) is 0 Å². The number of amides is 4. The van der Waals surface area contributed by atoms with Crippen LogP contribution in [0.1, 0.15) is 25.3 Å². The van der Waals surface area contributed by atoms with E-state index in [4.69, 9.17) is 0 Å². The molecule has 8 heteroatoms. The summed E-state index contributed by atoms with van der Waals surface area (Å²) in [6, 6.07) is 4.73. The Labute approximate surface area is 144 Å². The molecule has 2 aliphatic heterocycles. The Morgan fingerprint density at radius 1 is 1.36 bits per heavy atom. The summed E-state index contributed by atoms with van der Waals surface area (Å²) in [5, 5.41) is 8.62. The van der Waals surface area contributed by atoms with Crippen LogP contribution in [0, 0.1) is 5.82 Å². The number of nitrogens with zero attached hydrogens (tertiary/aromatic N) is 1. The summed E-state index contributed by atoms with van der Waals surface area (Å²) in [6.45, 7) is 2.82. The van der Waals surface area contributed by atoms with Gasteiger partial charge in [0, 0.05) is 12.6 Å². The smallest absolute Gasteiger partial charge is 0.325 e. The fourth-order valence-corrected chi connectivity index (χ4v) is 3.21. The first-order valence-corrected chi connectivity index (χ1v) is 8.30. The zero-order chi connectivity index (χ0) is 18.0. The first-order valence-electron chi connectivity index (χ1n) is 8.30. The predicted molar refractivity (Wildman–Crippen MR) is 88.0 cm³/mol. The molecule has 134 valence electrons. The van der Waals surface area contributed by atoms with E-state index in [-0.39, 0.29) is 18.5 Å².